The topological polar surface area (TPSA) is 112 Å². The Labute approximate surface area is 150 Å². The van der Waals surface area contributed by atoms with Gasteiger partial charge < -0.3 is 20.3 Å². The van der Waals surface area contributed by atoms with Crippen LogP contribution < -0.4 is 16.0 Å². The zero-order valence-electron chi connectivity index (χ0n) is 14.5. The van der Waals surface area contributed by atoms with Crippen molar-refractivity contribution in [1.82, 2.24) is 20.5 Å². The number of benzene rings is 1. The molecule has 4 amide bonds. The van der Waals surface area contributed by atoms with E-state index >= 15 is 0 Å². The quantitative estimate of drug-likeness (QED) is 0.607. The first-order valence-electron chi connectivity index (χ1n) is 8.68. The molecule has 0 aliphatic carbocycles. The Morgan fingerprint density at radius 1 is 1.31 bits per heavy atom. The summed E-state index contributed by atoms with van der Waals surface area (Å²) < 4.78 is 1.49. The van der Waals surface area contributed by atoms with Crippen molar-refractivity contribution in [2.24, 2.45) is 0 Å². The number of nitrogens with zero attached hydrogens (tertiary/aromatic N) is 1. The Kier molecular flexibility index (Phi) is 5.11. The van der Waals surface area contributed by atoms with E-state index < -0.39 is 11.9 Å². The molecule has 1 saturated heterocycles. The van der Waals surface area contributed by atoms with Crippen molar-refractivity contribution in [2.75, 3.05) is 6.54 Å². The first kappa shape index (κ1) is 17.8. The lowest BCUT2D eigenvalue weighted by Gasteiger charge is -2.22. The molecular weight excluding hydrogens is 336 g/mol. The molecular formula is C18H22N4O4. The standard InChI is InChI=1S/C18H22N4O4/c1-2-8-19-18(26)20-9-11-4-3-5-12-13(11)10-22(17(12)25)14-6-7-15(23)21-16(14)24/h3-5,10,14,25H,2,6-9H2,1H3,(H2,19,20,26)(H,21,23,24). The molecule has 0 saturated carbocycles. The minimum Gasteiger partial charge on any atom is -0.494 e. The van der Waals surface area contributed by atoms with E-state index in [0.29, 0.717) is 24.9 Å². The number of amides is 4. The molecule has 1 unspecified atom stereocenters. The molecule has 3 rings (SSSR count). The summed E-state index contributed by atoms with van der Waals surface area (Å²) in [5.41, 5.74) is 0.829. The number of hydrogen-bond acceptors (Lipinski definition) is 4. The minimum absolute atomic E-state index is 0.0215. The monoisotopic (exact) mass is 358 g/mol. The number of aromatic nitrogens is 1. The number of piperidine rings is 1. The van der Waals surface area contributed by atoms with E-state index in [1.165, 1.54) is 4.57 Å². The number of hydrogen-bond donors (Lipinski definition) is 4. The van der Waals surface area contributed by atoms with E-state index in [4.69, 9.17) is 0 Å². The zero-order valence-corrected chi connectivity index (χ0v) is 14.5. The zero-order chi connectivity index (χ0) is 18.7. The Hall–Kier alpha value is -3.03. The molecule has 1 aliphatic heterocycles. The summed E-state index contributed by atoms with van der Waals surface area (Å²) >= 11 is 0. The van der Waals surface area contributed by atoms with Gasteiger partial charge in [0, 0.05) is 36.5 Å². The molecule has 1 aromatic carbocycles. The largest absolute Gasteiger partial charge is 0.494 e. The number of imide groups is 1. The molecule has 1 aliphatic rings. The van der Waals surface area contributed by atoms with Crippen molar-refractivity contribution in [1.29, 1.82) is 0 Å². The van der Waals surface area contributed by atoms with Crippen LogP contribution in [0.25, 0.3) is 10.8 Å². The lowest BCUT2D eigenvalue weighted by Crippen LogP contribution is -2.41. The number of carbonyl (C=O) groups is 3. The van der Waals surface area contributed by atoms with Crippen LogP contribution in [0.2, 0.25) is 0 Å². The van der Waals surface area contributed by atoms with Crippen LogP contribution in [-0.4, -0.2) is 34.1 Å². The summed E-state index contributed by atoms with van der Waals surface area (Å²) in [5.74, 6) is -0.743. The van der Waals surface area contributed by atoms with Crippen LogP contribution in [0, 0.1) is 0 Å². The second kappa shape index (κ2) is 7.47. The van der Waals surface area contributed by atoms with Gasteiger partial charge >= 0.3 is 6.03 Å². The fourth-order valence-electron chi connectivity index (χ4n) is 3.12. The molecule has 2 aromatic rings. The van der Waals surface area contributed by atoms with Gasteiger partial charge in [-0.1, -0.05) is 19.1 Å². The number of fused-ring (bicyclic) bond motifs is 1. The minimum atomic E-state index is -0.631. The third-order valence-electron chi connectivity index (χ3n) is 4.47. The molecule has 1 fully saturated rings. The van der Waals surface area contributed by atoms with Crippen molar-refractivity contribution in [3.8, 4) is 5.88 Å². The second-order valence-corrected chi connectivity index (χ2v) is 6.31. The molecule has 1 aromatic heterocycles. The van der Waals surface area contributed by atoms with Crippen molar-refractivity contribution in [2.45, 2.75) is 38.8 Å². The highest BCUT2D eigenvalue weighted by Crippen LogP contribution is 2.34. The third-order valence-corrected chi connectivity index (χ3v) is 4.47. The molecule has 26 heavy (non-hydrogen) atoms. The van der Waals surface area contributed by atoms with Crippen LogP contribution in [0.4, 0.5) is 4.79 Å². The maximum atomic E-state index is 12.1. The fraction of sp³-hybridized carbons (Fsp3) is 0.389. The third kappa shape index (κ3) is 3.49. The summed E-state index contributed by atoms with van der Waals surface area (Å²) in [6, 6.07) is 4.52. The molecule has 0 radical (unpaired) electrons. The highest BCUT2D eigenvalue weighted by Gasteiger charge is 2.30. The Bertz CT molecular complexity index is 858. The van der Waals surface area contributed by atoms with Crippen molar-refractivity contribution >= 4 is 28.6 Å². The summed E-state index contributed by atoms with van der Waals surface area (Å²) in [5, 5.41) is 19.7. The highest BCUT2D eigenvalue weighted by molar-refractivity contribution is 6.00. The summed E-state index contributed by atoms with van der Waals surface area (Å²) in [4.78, 5) is 35.2. The van der Waals surface area contributed by atoms with Gasteiger partial charge in [-0.3, -0.25) is 14.9 Å². The van der Waals surface area contributed by atoms with E-state index in [2.05, 4.69) is 16.0 Å². The molecule has 1 atom stereocenters. The highest BCUT2D eigenvalue weighted by atomic mass is 16.3. The average Bonchev–Trinajstić information content (AvgIpc) is 2.95. The first-order valence-corrected chi connectivity index (χ1v) is 8.68. The van der Waals surface area contributed by atoms with Gasteiger partial charge in [-0.25, -0.2) is 4.79 Å². The maximum absolute atomic E-state index is 12.1. The fourth-order valence-corrected chi connectivity index (χ4v) is 3.12. The van der Waals surface area contributed by atoms with Crippen LogP contribution >= 0.6 is 0 Å². The second-order valence-electron chi connectivity index (χ2n) is 6.31. The molecule has 4 N–H and O–H groups in total. The molecule has 2 heterocycles. The summed E-state index contributed by atoms with van der Waals surface area (Å²) in [6.07, 6.45) is 3.12. The van der Waals surface area contributed by atoms with E-state index in [9.17, 15) is 19.5 Å². The van der Waals surface area contributed by atoms with E-state index in [-0.39, 0.29) is 24.2 Å². The van der Waals surface area contributed by atoms with E-state index in [1.54, 1.807) is 18.3 Å². The predicted octanol–water partition coefficient (Wildman–Crippen LogP) is 1.53. The average molecular weight is 358 g/mol. The van der Waals surface area contributed by atoms with Crippen molar-refractivity contribution in [3.63, 3.8) is 0 Å². The smallest absolute Gasteiger partial charge is 0.315 e. The molecule has 0 spiro atoms. The van der Waals surface area contributed by atoms with Gasteiger partial charge in [0.25, 0.3) is 0 Å². The van der Waals surface area contributed by atoms with Gasteiger partial charge in [0.2, 0.25) is 11.8 Å². The van der Waals surface area contributed by atoms with Gasteiger partial charge in [-0.15, -0.1) is 0 Å². The number of aromatic hydroxyl groups is 1. The maximum Gasteiger partial charge on any atom is 0.315 e. The number of rotatable bonds is 5. The van der Waals surface area contributed by atoms with Crippen molar-refractivity contribution < 1.29 is 19.5 Å². The Morgan fingerprint density at radius 3 is 2.85 bits per heavy atom. The number of carbonyl (C=O) groups excluding carboxylic acids is 3. The Morgan fingerprint density at radius 2 is 2.12 bits per heavy atom. The lowest BCUT2D eigenvalue weighted by molar-refractivity contribution is -0.135. The van der Waals surface area contributed by atoms with Gasteiger partial charge in [0.05, 0.1) is 0 Å². The predicted molar refractivity (Wildman–Crippen MR) is 95.6 cm³/mol. The molecule has 138 valence electrons. The molecule has 0 bridgehead atoms. The first-order chi connectivity index (χ1) is 12.5. The molecule has 8 nitrogen and oxygen atoms in total. The van der Waals surface area contributed by atoms with Crippen LogP contribution in [0.3, 0.4) is 0 Å². The van der Waals surface area contributed by atoms with Crippen LogP contribution in [0.5, 0.6) is 5.88 Å². The summed E-state index contributed by atoms with van der Waals surface area (Å²) in [6.45, 7) is 2.87. The van der Waals surface area contributed by atoms with Gasteiger partial charge in [0.1, 0.15) is 6.04 Å². The van der Waals surface area contributed by atoms with Gasteiger partial charge in [0.15, 0.2) is 5.88 Å². The summed E-state index contributed by atoms with van der Waals surface area (Å²) in [7, 11) is 0. The van der Waals surface area contributed by atoms with Gasteiger partial charge in [-0.05, 0) is 24.5 Å². The van der Waals surface area contributed by atoms with Crippen LogP contribution in [0.1, 0.15) is 37.8 Å². The van der Waals surface area contributed by atoms with E-state index in [0.717, 1.165) is 17.4 Å². The SMILES string of the molecule is CCCNC(=O)NCc1cccc2c(O)n(C3CCC(=O)NC3=O)cc12. The van der Waals surface area contributed by atoms with Crippen LogP contribution in [0.15, 0.2) is 24.4 Å². The number of urea groups is 1. The van der Waals surface area contributed by atoms with Crippen molar-refractivity contribution in [3.05, 3.63) is 30.0 Å². The van der Waals surface area contributed by atoms with Crippen LogP contribution in [-0.2, 0) is 16.1 Å². The Balaban J connectivity index is 1.85. The molecule has 8 heteroatoms. The van der Waals surface area contributed by atoms with E-state index in [1.807, 2.05) is 13.0 Å². The van der Waals surface area contributed by atoms with Gasteiger partial charge in [-0.2, -0.15) is 0 Å². The lowest BCUT2D eigenvalue weighted by atomic mass is 10.1. The number of nitrogens with one attached hydrogen (secondary N) is 3. The normalized spacial score (nSPS) is 17.2.